The summed E-state index contributed by atoms with van der Waals surface area (Å²) in [4.78, 5) is 51.5. The van der Waals surface area contributed by atoms with Gasteiger partial charge in [-0.3, -0.25) is 14.4 Å². The van der Waals surface area contributed by atoms with Gasteiger partial charge in [0.15, 0.2) is 0 Å². The molecule has 0 saturated carbocycles. The highest BCUT2D eigenvalue weighted by molar-refractivity contribution is 5.99. The molecular weight excluding hydrogens is 628 g/mol. The van der Waals surface area contributed by atoms with Crippen LogP contribution in [0.25, 0.3) is 11.1 Å². The van der Waals surface area contributed by atoms with Crippen LogP contribution >= 0.6 is 0 Å². The number of nitrogens with one attached hydrogen (secondary N) is 3. The zero-order valence-electron chi connectivity index (χ0n) is 30.0. The van der Waals surface area contributed by atoms with Crippen LogP contribution in [0, 0.1) is 5.92 Å². The van der Waals surface area contributed by atoms with E-state index in [1.165, 1.54) is 34.9 Å². The van der Waals surface area contributed by atoms with Crippen LogP contribution in [0.2, 0.25) is 0 Å². The molecule has 0 spiro atoms. The molecule has 3 aromatic rings. The van der Waals surface area contributed by atoms with Crippen molar-refractivity contribution in [3.05, 3.63) is 95.1 Å². The average Bonchev–Trinajstić information content (AvgIpc) is 3.61. The number of nitrogens with zero attached hydrogens (tertiary/aromatic N) is 1. The Hall–Kier alpha value is -4.92. The summed E-state index contributed by atoms with van der Waals surface area (Å²) < 4.78 is 4.72. The third kappa shape index (κ3) is 8.26. The predicted octanol–water partition coefficient (Wildman–Crippen LogP) is 7.74. The minimum absolute atomic E-state index is 0.0439. The van der Waals surface area contributed by atoms with Crippen LogP contribution in [-0.2, 0) is 24.5 Å². The highest BCUT2D eigenvalue weighted by atomic mass is 16.5. The zero-order valence-corrected chi connectivity index (χ0v) is 30.0. The van der Waals surface area contributed by atoms with Crippen LogP contribution in [0.4, 0.5) is 16.2 Å². The topological polar surface area (TPSA) is 117 Å². The quantitative estimate of drug-likeness (QED) is 0.190. The van der Waals surface area contributed by atoms with E-state index in [9.17, 15) is 19.2 Å². The third-order valence-electron chi connectivity index (χ3n) is 9.92. The lowest BCUT2D eigenvalue weighted by atomic mass is 9.73. The van der Waals surface area contributed by atoms with E-state index < -0.39 is 18.2 Å². The molecule has 1 fully saturated rings. The van der Waals surface area contributed by atoms with Gasteiger partial charge >= 0.3 is 6.09 Å². The van der Waals surface area contributed by atoms with Gasteiger partial charge in [0.2, 0.25) is 18.2 Å². The lowest BCUT2D eigenvalue weighted by Crippen LogP contribution is -2.54. The minimum Gasteiger partial charge on any atom is -0.453 e. The van der Waals surface area contributed by atoms with Crippen LogP contribution in [0.1, 0.15) is 94.9 Å². The van der Waals surface area contributed by atoms with Crippen molar-refractivity contribution in [3.63, 3.8) is 0 Å². The number of carbonyl (C=O) groups excluding carboxylic acids is 4. The third-order valence-corrected chi connectivity index (χ3v) is 9.92. The summed E-state index contributed by atoms with van der Waals surface area (Å²) in [6.07, 6.45) is 4.25. The van der Waals surface area contributed by atoms with E-state index in [1.807, 2.05) is 38.1 Å². The van der Waals surface area contributed by atoms with Crippen molar-refractivity contribution in [2.45, 2.75) is 90.1 Å². The molecule has 0 aromatic heterocycles. The number of carbonyl (C=O) groups is 4. The summed E-state index contributed by atoms with van der Waals surface area (Å²) in [5, 5.41) is 8.41. The number of alkyl carbamates (subject to hydrolysis) is 1. The van der Waals surface area contributed by atoms with Gasteiger partial charge in [-0.2, -0.15) is 0 Å². The molecule has 0 bridgehead atoms. The molecule has 1 aliphatic heterocycles. The van der Waals surface area contributed by atoms with Crippen molar-refractivity contribution in [1.29, 1.82) is 0 Å². The van der Waals surface area contributed by atoms with Crippen LogP contribution in [0.5, 0.6) is 0 Å². The number of hydrogen-bond donors (Lipinski definition) is 3. The first-order chi connectivity index (χ1) is 23.9. The highest BCUT2D eigenvalue weighted by Crippen LogP contribution is 2.47. The fourth-order valence-corrected chi connectivity index (χ4v) is 7.17. The van der Waals surface area contributed by atoms with E-state index in [0.717, 1.165) is 30.5 Å². The van der Waals surface area contributed by atoms with E-state index in [1.54, 1.807) is 4.90 Å². The van der Waals surface area contributed by atoms with Crippen LogP contribution in [0.15, 0.2) is 72.8 Å². The number of amides is 4. The summed E-state index contributed by atoms with van der Waals surface area (Å²) >= 11 is 0. The fraction of sp³-hybridized carbons (Fsp3) is 0.415. The second-order valence-corrected chi connectivity index (χ2v) is 14.7. The predicted molar refractivity (Wildman–Crippen MR) is 199 cm³/mol. The monoisotopic (exact) mass is 678 g/mol. The normalized spacial score (nSPS) is 18.4. The van der Waals surface area contributed by atoms with Crippen molar-refractivity contribution < 1.29 is 23.9 Å². The van der Waals surface area contributed by atoms with Crippen LogP contribution in [0.3, 0.4) is 0 Å². The standard InChI is InChI=1S/C41H50N4O5/c1-26(2)37(44-40(49)50-6)39(48)45-24-8-11-35(45)38(47)43-32-22-16-28(17-23-32)34-10-7-9-33(27-14-20-31(21-15-27)42-25-46)36(34)29-12-18-30(19-13-29)41(3,4)5/h12-23,25-26,34-35,37H,7-11,24H2,1-6H3,(H,42,46)(H,43,47)(H,44,49)/t34?,35-,37-/m0/s1. The number of anilines is 2. The second kappa shape index (κ2) is 15.7. The fourth-order valence-electron chi connectivity index (χ4n) is 7.17. The Labute approximate surface area is 295 Å². The molecule has 9 heteroatoms. The number of rotatable bonds is 10. The molecule has 2 aliphatic rings. The van der Waals surface area contributed by atoms with Gasteiger partial charge in [0.05, 0.1) is 7.11 Å². The van der Waals surface area contributed by atoms with Gasteiger partial charge in [0.25, 0.3) is 0 Å². The van der Waals surface area contributed by atoms with E-state index in [0.29, 0.717) is 31.5 Å². The minimum atomic E-state index is -0.784. The SMILES string of the molecule is COC(=O)N[C@H](C(=O)N1CCC[C@H]1C(=O)Nc1ccc(C2CCCC(c3ccc(NC=O)cc3)=C2c2ccc(C(C)(C)C)cc2)cc1)C(C)C. The first kappa shape index (κ1) is 36.4. The van der Waals surface area contributed by atoms with Crippen LogP contribution in [-0.4, -0.2) is 55.0 Å². The van der Waals surface area contributed by atoms with Crippen molar-refractivity contribution >= 4 is 46.8 Å². The van der Waals surface area contributed by atoms with Crippen molar-refractivity contribution in [2.75, 3.05) is 24.3 Å². The Bertz CT molecular complexity index is 1710. The summed E-state index contributed by atoms with van der Waals surface area (Å²) in [7, 11) is 1.26. The maximum Gasteiger partial charge on any atom is 0.407 e. The van der Waals surface area contributed by atoms with E-state index in [2.05, 4.69) is 85.3 Å². The van der Waals surface area contributed by atoms with Crippen molar-refractivity contribution in [1.82, 2.24) is 10.2 Å². The van der Waals surface area contributed by atoms with Gasteiger partial charge in [-0.25, -0.2) is 4.79 Å². The van der Waals surface area contributed by atoms with Crippen molar-refractivity contribution in [2.24, 2.45) is 5.92 Å². The molecule has 3 N–H and O–H groups in total. The average molecular weight is 679 g/mol. The van der Waals surface area contributed by atoms with Gasteiger partial charge in [0, 0.05) is 23.8 Å². The number of hydrogen-bond acceptors (Lipinski definition) is 5. The molecule has 3 aromatic carbocycles. The molecule has 50 heavy (non-hydrogen) atoms. The molecule has 5 rings (SSSR count). The molecule has 1 saturated heterocycles. The molecule has 264 valence electrons. The molecule has 9 nitrogen and oxygen atoms in total. The smallest absolute Gasteiger partial charge is 0.407 e. The highest BCUT2D eigenvalue weighted by Gasteiger charge is 2.39. The first-order valence-electron chi connectivity index (χ1n) is 17.6. The maximum atomic E-state index is 13.5. The van der Waals surface area contributed by atoms with Gasteiger partial charge < -0.3 is 25.6 Å². The molecule has 1 unspecified atom stereocenters. The second-order valence-electron chi connectivity index (χ2n) is 14.7. The van der Waals surface area contributed by atoms with E-state index >= 15 is 0 Å². The van der Waals surface area contributed by atoms with Crippen molar-refractivity contribution in [3.8, 4) is 0 Å². The zero-order chi connectivity index (χ0) is 36.0. The lowest BCUT2D eigenvalue weighted by Gasteiger charge is -2.31. The molecule has 0 radical (unpaired) electrons. The summed E-state index contributed by atoms with van der Waals surface area (Å²) in [5.74, 6) is -0.546. The molecule has 4 amide bonds. The number of methoxy groups -OCH3 is 1. The number of ether oxygens (including phenoxy) is 1. The Morgan fingerprint density at radius 2 is 1.50 bits per heavy atom. The van der Waals surface area contributed by atoms with Gasteiger partial charge in [-0.05, 0) is 101 Å². The Kier molecular flexibility index (Phi) is 11.5. The van der Waals surface area contributed by atoms with E-state index in [4.69, 9.17) is 4.74 Å². The maximum absolute atomic E-state index is 13.5. The molecular formula is C41H50N4O5. The Morgan fingerprint density at radius 3 is 2.10 bits per heavy atom. The number of allylic oxidation sites excluding steroid dienone is 2. The first-order valence-corrected chi connectivity index (χ1v) is 17.6. The van der Waals surface area contributed by atoms with Gasteiger partial charge in [0.1, 0.15) is 12.1 Å². The Morgan fingerprint density at radius 1 is 0.860 bits per heavy atom. The van der Waals surface area contributed by atoms with Gasteiger partial charge in [-0.1, -0.05) is 83.1 Å². The lowest BCUT2D eigenvalue weighted by molar-refractivity contribution is -0.139. The number of likely N-dealkylation sites (tertiary alicyclic amines) is 1. The summed E-state index contributed by atoms with van der Waals surface area (Å²) in [6.45, 7) is 10.8. The summed E-state index contributed by atoms with van der Waals surface area (Å²) in [6, 6.07) is 23.6. The number of benzene rings is 3. The Balaban J connectivity index is 1.40. The van der Waals surface area contributed by atoms with E-state index in [-0.39, 0.29) is 29.1 Å². The van der Waals surface area contributed by atoms with Gasteiger partial charge in [-0.15, -0.1) is 0 Å². The molecule has 1 heterocycles. The summed E-state index contributed by atoms with van der Waals surface area (Å²) in [5.41, 5.74) is 8.84. The largest absolute Gasteiger partial charge is 0.453 e. The molecule has 3 atom stereocenters. The van der Waals surface area contributed by atoms with Crippen LogP contribution < -0.4 is 16.0 Å². The molecule has 1 aliphatic carbocycles.